The third-order valence-corrected chi connectivity index (χ3v) is 7.76. The summed E-state index contributed by atoms with van der Waals surface area (Å²) in [6, 6.07) is 15.2. The van der Waals surface area contributed by atoms with Crippen LogP contribution in [0.5, 0.6) is 5.75 Å². The molecule has 1 atom stereocenters. The van der Waals surface area contributed by atoms with Gasteiger partial charge in [0.05, 0.1) is 17.5 Å². The van der Waals surface area contributed by atoms with Crippen molar-refractivity contribution in [2.75, 3.05) is 26.7 Å². The first-order valence-corrected chi connectivity index (χ1v) is 10.9. The van der Waals surface area contributed by atoms with Crippen LogP contribution in [0.3, 0.4) is 0 Å². The third-order valence-electron chi connectivity index (χ3n) is 5.79. The van der Waals surface area contributed by atoms with Crippen LogP contribution in [-0.2, 0) is 22.1 Å². The molecule has 2 aliphatic rings. The second-order valence-corrected chi connectivity index (χ2v) is 9.24. The minimum Gasteiger partial charge on any atom is -0.497 e. The molecule has 2 heterocycles. The average molecular weight is 387 g/mol. The predicted molar refractivity (Wildman–Crippen MR) is 105 cm³/mol. The van der Waals surface area contributed by atoms with Crippen LogP contribution in [0.4, 0.5) is 0 Å². The van der Waals surface area contributed by atoms with Crippen molar-refractivity contribution in [3.05, 3.63) is 59.7 Å². The van der Waals surface area contributed by atoms with E-state index < -0.39 is 15.6 Å². The Morgan fingerprint density at radius 3 is 2.56 bits per heavy atom. The maximum atomic E-state index is 13.4. The molecule has 0 radical (unpaired) electrons. The van der Waals surface area contributed by atoms with Gasteiger partial charge in [-0.25, -0.2) is 8.42 Å². The molecular formula is C21H26N2O3S. The van der Waals surface area contributed by atoms with Gasteiger partial charge in [-0.3, -0.25) is 0 Å². The molecule has 0 bridgehead atoms. The minimum absolute atomic E-state index is 0.376. The molecule has 0 saturated carbocycles. The Hall–Kier alpha value is -1.89. The van der Waals surface area contributed by atoms with E-state index in [0.717, 1.165) is 49.4 Å². The third kappa shape index (κ3) is 2.96. The van der Waals surface area contributed by atoms with Gasteiger partial charge in [0.2, 0.25) is 10.0 Å². The normalized spacial score (nSPS) is 24.4. The van der Waals surface area contributed by atoms with E-state index in [1.54, 1.807) is 17.5 Å². The first-order chi connectivity index (χ1) is 13.0. The number of hydrogen-bond donors (Lipinski definition) is 0. The quantitative estimate of drug-likeness (QED) is 0.792. The second kappa shape index (κ2) is 6.93. The smallest absolute Gasteiger partial charge is 0.244 e. The highest BCUT2D eigenvalue weighted by Crippen LogP contribution is 2.50. The zero-order valence-corrected chi connectivity index (χ0v) is 16.7. The van der Waals surface area contributed by atoms with Gasteiger partial charge in [0.15, 0.2) is 0 Å². The van der Waals surface area contributed by atoms with Crippen LogP contribution in [-0.4, -0.2) is 44.4 Å². The molecule has 2 aromatic rings. The van der Waals surface area contributed by atoms with Gasteiger partial charge in [0.1, 0.15) is 5.75 Å². The fourth-order valence-electron chi connectivity index (χ4n) is 4.49. The van der Waals surface area contributed by atoms with Gasteiger partial charge in [-0.15, -0.1) is 0 Å². The van der Waals surface area contributed by atoms with Crippen LogP contribution >= 0.6 is 0 Å². The Kier molecular flexibility index (Phi) is 4.74. The summed E-state index contributed by atoms with van der Waals surface area (Å²) < 4.78 is 33.8. The van der Waals surface area contributed by atoms with E-state index >= 15 is 0 Å². The fourth-order valence-corrected chi connectivity index (χ4v) is 6.54. The molecule has 1 fully saturated rings. The monoisotopic (exact) mass is 386 g/mol. The first-order valence-electron chi connectivity index (χ1n) is 9.49. The summed E-state index contributed by atoms with van der Waals surface area (Å²) in [4.78, 5) is 2.86. The van der Waals surface area contributed by atoms with Crippen LogP contribution in [0.25, 0.3) is 0 Å². The van der Waals surface area contributed by atoms with E-state index in [2.05, 4.69) is 11.8 Å². The van der Waals surface area contributed by atoms with Gasteiger partial charge in [-0.2, -0.15) is 4.31 Å². The van der Waals surface area contributed by atoms with Crippen LogP contribution < -0.4 is 4.74 Å². The number of methoxy groups -OCH3 is 1. The average Bonchev–Trinajstić information content (AvgIpc) is 3.17. The summed E-state index contributed by atoms with van der Waals surface area (Å²) in [5, 5.41) is 0. The van der Waals surface area contributed by atoms with Gasteiger partial charge in [0.25, 0.3) is 0 Å². The fraction of sp³-hybridized carbons (Fsp3) is 0.429. The molecule has 144 valence electrons. The van der Waals surface area contributed by atoms with Crippen molar-refractivity contribution in [2.24, 2.45) is 0 Å². The lowest BCUT2D eigenvalue weighted by molar-refractivity contribution is 0.187. The SMILES string of the molecule is CCCN1CC[C@]2(C1)c1ccccc1S(=O)(=O)N2Cc1ccc(OC)cc1. The molecule has 2 aliphatic heterocycles. The molecule has 0 unspecified atom stereocenters. The van der Waals surface area contributed by atoms with Crippen molar-refractivity contribution in [2.45, 2.75) is 36.7 Å². The highest BCUT2D eigenvalue weighted by Gasteiger charge is 2.56. The number of rotatable bonds is 5. The molecule has 2 aromatic carbocycles. The highest BCUT2D eigenvalue weighted by atomic mass is 32.2. The lowest BCUT2D eigenvalue weighted by Gasteiger charge is -2.34. The number of hydrogen-bond acceptors (Lipinski definition) is 4. The van der Waals surface area contributed by atoms with Crippen LogP contribution in [0, 0.1) is 0 Å². The van der Waals surface area contributed by atoms with E-state index in [9.17, 15) is 8.42 Å². The number of nitrogens with zero attached hydrogens (tertiary/aromatic N) is 2. The standard InChI is InChI=1S/C21H26N2O3S/c1-3-13-22-14-12-21(16-22)19-6-4-5-7-20(19)27(24,25)23(21)15-17-8-10-18(26-2)11-9-17/h4-11H,3,12-16H2,1-2H3/t21-/m0/s1. The summed E-state index contributed by atoms with van der Waals surface area (Å²) in [7, 11) is -1.88. The molecule has 0 aromatic heterocycles. The summed E-state index contributed by atoms with van der Waals surface area (Å²) in [5.41, 5.74) is 1.46. The van der Waals surface area contributed by atoms with Crippen molar-refractivity contribution < 1.29 is 13.2 Å². The lowest BCUT2D eigenvalue weighted by Crippen LogP contribution is -2.45. The maximum Gasteiger partial charge on any atom is 0.244 e. The maximum absolute atomic E-state index is 13.4. The van der Waals surface area contributed by atoms with Gasteiger partial charge in [0, 0.05) is 19.6 Å². The zero-order valence-electron chi connectivity index (χ0n) is 15.9. The summed E-state index contributed by atoms with van der Waals surface area (Å²) in [6.45, 7) is 5.23. The number of likely N-dealkylation sites (tertiary alicyclic amines) is 1. The van der Waals surface area contributed by atoms with Crippen molar-refractivity contribution in [3.8, 4) is 5.75 Å². The van der Waals surface area contributed by atoms with E-state index in [0.29, 0.717) is 11.4 Å². The molecule has 1 spiro atoms. The van der Waals surface area contributed by atoms with Gasteiger partial charge in [-0.1, -0.05) is 37.3 Å². The topological polar surface area (TPSA) is 49.9 Å². The number of benzene rings is 2. The minimum atomic E-state index is -3.52. The van der Waals surface area contributed by atoms with Crippen LogP contribution in [0.15, 0.2) is 53.4 Å². The Labute approximate surface area is 161 Å². The van der Waals surface area contributed by atoms with E-state index in [1.165, 1.54) is 0 Å². The predicted octanol–water partition coefficient (Wildman–Crippen LogP) is 3.21. The molecular weight excluding hydrogens is 360 g/mol. The van der Waals surface area contributed by atoms with Crippen LogP contribution in [0.1, 0.15) is 30.9 Å². The lowest BCUT2D eigenvalue weighted by atomic mass is 9.88. The molecule has 27 heavy (non-hydrogen) atoms. The summed E-state index contributed by atoms with van der Waals surface area (Å²) >= 11 is 0. The number of ether oxygens (including phenoxy) is 1. The summed E-state index contributed by atoms with van der Waals surface area (Å²) in [6.07, 6.45) is 1.91. The van der Waals surface area contributed by atoms with E-state index in [1.807, 2.05) is 42.5 Å². The molecule has 0 amide bonds. The van der Waals surface area contributed by atoms with E-state index in [4.69, 9.17) is 4.74 Å². The Morgan fingerprint density at radius 1 is 1.11 bits per heavy atom. The van der Waals surface area contributed by atoms with Gasteiger partial charge >= 0.3 is 0 Å². The summed E-state index contributed by atoms with van der Waals surface area (Å²) in [5.74, 6) is 0.774. The van der Waals surface area contributed by atoms with Crippen LogP contribution in [0.2, 0.25) is 0 Å². The number of fused-ring (bicyclic) bond motifs is 2. The Balaban J connectivity index is 1.76. The molecule has 0 N–H and O–H groups in total. The zero-order chi connectivity index (χ0) is 19.1. The van der Waals surface area contributed by atoms with Gasteiger partial charge < -0.3 is 9.64 Å². The highest BCUT2D eigenvalue weighted by molar-refractivity contribution is 7.89. The molecule has 1 saturated heterocycles. The van der Waals surface area contributed by atoms with Crippen molar-refractivity contribution in [1.82, 2.24) is 9.21 Å². The molecule has 6 heteroatoms. The number of sulfonamides is 1. The molecule has 4 rings (SSSR count). The largest absolute Gasteiger partial charge is 0.497 e. The Morgan fingerprint density at radius 2 is 1.85 bits per heavy atom. The van der Waals surface area contributed by atoms with E-state index in [-0.39, 0.29) is 0 Å². The Bertz CT molecular complexity index is 927. The van der Waals surface area contributed by atoms with Crippen molar-refractivity contribution in [3.63, 3.8) is 0 Å². The van der Waals surface area contributed by atoms with Crippen molar-refractivity contribution in [1.29, 1.82) is 0 Å². The molecule has 5 nitrogen and oxygen atoms in total. The first kappa shape index (κ1) is 18.5. The second-order valence-electron chi connectivity index (χ2n) is 7.41. The van der Waals surface area contributed by atoms with Gasteiger partial charge in [-0.05, 0) is 48.7 Å². The molecule has 0 aliphatic carbocycles. The van der Waals surface area contributed by atoms with Crippen molar-refractivity contribution >= 4 is 10.0 Å².